The van der Waals surface area contributed by atoms with Gasteiger partial charge in [0.15, 0.2) is 0 Å². The van der Waals surface area contributed by atoms with Gasteiger partial charge in [0.1, 0.15) is 5.69 Å². The Bertz CT molecular complexity index is 608. The van der Waals surface area contributed by atoms with E-state index < -0.39 is 0 Å². The number of anilines is 1. The first-order valence-electron chi connectivity index (χ1n) is 6.14. The molecule has 0 saturated carbocycles. The second-order valence-electron chi connectivity index (χ2n) is 4.46. The molecule has 0 aliphatic rings. The first-order chi connectivity index (χ1) is 9.11. The van der Waals surface area contributed by atoms with Gasteiger partial charge in [-0.05, 0) is 48.7 Å². The normalized spacial score (nSPS) is 10.3. The average Bonchev–Trinajstić information content (AvgIpc) is 2.44. The smallest absolute Gasteiger partial charge is 0.274 e. The molecule has 0 atom stereocenters. The van der Waals surface area contributed by atoms with Crippen LogP contribution < -0.4 is 11.1 Å². The van der Waals surface area contributed by atoms with Crippen molar-refractivity contribution in [2.24, 2.45) is 5.73 Å². The van der Waals surface area contributed by atoms with Gasteiger partial charge in [-0.1, -0.05) is 12.1 Å². The summed E-state index contributed by atoms with van der Waals surface area (Å²) in [5.41, 5.74) is 9.84. The molecule has 0 spiro atoms. The van der Waals surface area contributed by atoms with Crippen molar-refractivity contribution in [1.82, 2.24) is 4.98 Å². The molecule has 2 aromatic rings. The molecule has 0 aliphatic carbocycles. The molecule has 0 unspecified atom stereocenters. The molecule has 0 radical (unpaired) electrons. The Hall–Kier alpha value is -2.20. The number of carbonyl (C=O) groups excluding carboxylic acids is 1. The molecule has 4 heteroatoms. The van der Waals surface area contributed by atoms with Crippen LogP contribution in [0.15, 0.2) is 36.5 Å². The number of amides is 1. The van der Waals surface area contributed by atoms with Crippen LogP contribution in [0.4, 0.5) is 5.69 Å². The fourth-order valence-electron chi connectivity index (χ4n) is 1.80. The van der Waals surface area contributed by atoms with E-state index in [0.29, 0.717) is 12.2 Å². The molecule has 19 heavy (non-hydrogen) atoms. The van der Waals surface area contributed by atoms with Gasteiger partial charge in [0, 0.05) is 18.4 Å². The highest BCUT2D eigenvalue weighted by molar-refractivity contribution is 6.03. The lowest BCUT2D eigenvalue weighted by molar-refractivity contribution is 0.102. The number of aryl methyl sites for hydroxylation is 1. The number of hydrogen-bond donors (Lipinski definition) is 2. The van der Waals surface area contributed by atoms with Gasteiger partial charge in [0.05, 0.1) is 0 Å². The van der Waals surface area contributed by atoms with E-state index in [1.807, 2.05) is 32.0 Å². The number of benzene rings is 1. The molecule has 1 amide bonds. The number of hydrogen-bond acceptors (Lipinski definition) is 3. The quantitative estimate of drug-likeness (QED) is 0.885. The van der Waals surface area contributed by atoms with Crippen LogP contribution in [0.3, 0.4) is 0 Å². The molecule has 4 nitrogen and oxygen atoms in total. The fourth-order valence-corrected chi connectivity index (χ4v) is 1.80. The van der Waals surface area contributed by atoms with Crippen molar-refractivity contribution in [3.05, 3.63) is 58.9 Å². The summed E-state index contributed by atoms with van der Waals surface area (Å²) >= 11 is 0. The Morgan fingerprint density at radius 1 is 1.32 bits per heavy atom. The lowest BCUT2D eigenvalue weighted by atomic mass is 10.1. The fraction of sp³-hybridized carbons (Fsp3) is 0.200. The van der Waals surface area contributed by atoms with Crippen molar-refractivity contribution < 1.29 is 4.79 Å². The summed E-state index contributed by atoms with van der Waals surface area (Å²) in [6.45, 7) is 4.39. The van der Waals surface area contributed by atoms with Gasteiger partial charge in [0.25, 0.3) is 5.91 Å². The Balaban J connectivity index is 2.23. The largest absolute Gasteiger partial charge is 0.326 e. The monoisotopic (exact) mass is 255 g/mol. The number of carbonyl (C=O) groups is 1. The SMILES string of the molecule is Cc1cccc(NC(=O)c2cc(CN)ccn2)c1C. The van der Waals surface area contributed by atoms with E-state index in [-0.39, 0.29) is 5.91 Å². The lowest BCUT2D eigenvalue weighted by Crippen LogP contribution is -2.15. The van der Waals surface area contributed by atoms with Crippen LogP contribution in [0.1, 0.15) is 27.2 Å². The number of nitrogens with one attached hydrogen (secondary N) is 1. The van der Waals surface area contributed by atoms with Crippen molar-refractivity contribution in [2.75, 3.05) is 5.32 Å². The number of nitrogens with zero attached hydrogens (tertiary/aromatic N) is 1. The predicted octanol–water partition coefficient (Wildman–Crippen LogP) is 2.41. The second kappa shape index (κ2) is 5.63. The van der Waals surface area contributed by atoms with E-state index in [4.69, 9.17) is 5.73 Å². The zero-order chi connectivity index (χ0) is 13.8. The van der Waals surface area contributed by atoms with Crippen LogP contribution in [-0.2, 0) is 6.54 Å². The molecule has 1 heterocycles. The van der Waals surface area contributed by atoms with E-state index in [0.717, 1.165) is 22.4 Å². The maximum atomic E-state index is 12.1. The Morgan fingerprint density at radius 3 is 2.84 bits per heavy atom. The van der Waals surface area contributed by atoms with Crippen LogP contribution >= 0.6 is 0 Å². The third kappa shape index (κ3) is 2.98. The summed E-state index contributed by atoms with van der Waals surface area (Å²) in [4.78, 5) is 16.2. The number of pyridine rings is 1. The maximum absolute atomic E-state index is 12.1. The number of rotatable bonds is 3. The molecule has 0 aliphatic heterocycles. The van der Waals surface area contributed by atoms with Crippen molar-refractivity contribution >= 4 is 11.6 Å². The molecule has 0 fully saturated rings. The van der Waals surface area contributed by atoms with Gasteiger partial charge in [-0.15, -0.1) is 0 Å². The minimum absolute atomic E-state index is 0.219. The van der Waals surface area contributed by atoms with Crippen LogP contribution in [0.25, 0.3) is 0 Å². The van der Waals surface area contributed by atoms with Crippen molar-refractivity contribution in [3.63, 3.8) is 0 Å². The zero-order valence-corrected chi connectivity index (χ0v) is 11.1. The highest BCUT2D eigenvalue weighted by Gasteiger charge is 2.10. The summed E-state index contributed by atoms with van der Waals surface area (Å²) in [5, 5.41) is 2.88. The summed E-state index contributed by atoms with van der Waals surface area (Å²) in [6.07, 6.45) is 1.60. The maximum Gasteiger partial charge on any atom is 0.274 e. The molecule has 3 N–H and O–H groups in total. The third-order valence-electron chi connectivity index (χ3n) is 3.15. The predicted molar refractivity (Wildman–Crippen MR) is 76.0 cm³/mol. The molecule has 1 aromatic carbocycles. The average molecular weight is 255 g/mol. The standard InChI is InChI=1S/C15H17N3O/c1-10-4-3-5-13(11(10)2)18-15(19)14-8-12(9-16)6-7-17-14/h3-8H,9,16H2,1-2H3,(H,18,19). The van der Waals surface area contributed by atoms with E-state index in [1.54, 1.807) is 18.3 Å². The van der Waals surface area contributed by atoms with Crippen molar-refractivity contribution in [1.29, 1.82) is 0 Å². The van der Waals surface area contributed by atoms with Crippen molar-refractivity contribution in [3.8, 4) is 0 Å². The van der Waals surface area contributed by atoms with Crippen LogP contribution in [0.5, 0.6) is 0 Å². The Kier molecular flexibility index (Phi) is 3.92. The van der Waals surface area contributed by atoms with Gasteiger partial charge in [0.2, 0.25) is 0 Å². The summed E-state index contributed by atoms with van der Waals surface area (Å²) in [7, 11) is 0. The third-order valence-corrected chi connectivity index (χ3v) is 3.15. The van der Waals surface area contributed by atoms with E-state index in [2.05, 4.69) is 10.3 Å². The van der Waals surface area contributed by atoms with Crippen LogP contribution in [0, 0.1) is 13.8 Å². The molecule has 2 rings (SSSR count). The van der Waals surface area contributed by atoms with E-state index in [1.165, 1.54) is 0 Å². The summed E-state index contributed by atoms with van der Waals surface area (Å²) in [6, 6.07) is 9.32. The highest BCUT2D eigenvalue weighted by atomic mass is 16.1. The van der Waals surface area contributed by atoms with Crippen molar-refractivity contribution in [2.45, 2.75) is 20.4 Å². The lowest BCUT2D eigenvalue weighted by Gasteiger charge is -2.10. The molecule has 98 valence electrons. The Labute approximate surface area is 112 Å². The van der Waals surface area contributed by atoms with Gasteiger partial charge in [-0.3, -0.25) is 9.78 Å². The molecule has 1 aromatic heterocycles. The van der Waals surface area contributed by atoms with E-state index >= 15 is 0 Å². The van der Waals surface area contributed by atoms with Crippen LogP contribution in [0.2, 0.25) is 0 Å². The highest BCUT2D eigenvalue weighted by Crippen LogP contribution is 2.18. The molecule has 0 saturated heterocycles. The summed E-state index contributed by atoms with van der Waals surface area (Å²) < 4.78 is 0. The first-order valence-corrected chi connectivity index (χ1v) is 6.14. The molecule has 0 bridgehead atoms. The minimum atomic E-state index is -0.219. The van der Waals surface area contributed by atoms with Crippen LogP contribution in [-0.4, -0.2) is 10.9 Å². The minimum Gasteiger partial charge on any atom is -0.326 e. The molecular formula is C15H17N3O. The van der Waals surface area contributed by atoms with Gasteiger partial charge in [-0.25, -0.2) is 0 Å². The van der Waals surface area contributed by atoms with Gasteiger partial charge >= 0.3 is 0 Å². The first kappa shape index (κ1) is 13.2. The molecular weight excluding hydrogens is 238 g/mol. The topological polar surface area (TPSA) is 68.0 Å². The summed E-state index contributed by atoms with van der Waals surface area (Å²) in [5.74, 6) is -0.219. The Morgan fingerprint density at radius 2 is 2.11 bits per heavy atom. The zero-order valence-electron chi connectivity index (χ0n) is 11.1. The second-order valence-corrected chi connectivity index (χ2v) is 4.46. The van der Waals surface area contributed by atoms with Gasteiger partial charge < -0.3 is 11.1 Å². The number of aromatic nitrogens is 1. The van der Waals surface area contributed by atoms with Gasteiger partial charge in [-0.2, -0.15) is 0 Å². The number of nitrogens with two attached hydrogens (primary N) is 1. The van der Waals surface area contributed by atoms with E-state index in [9.17, 15) is 4.79 Å².